The monoisotopic (exact) mass is 738 g/mol. The number of aryl methyl sites for hydroxylation is 1. The van der Waals surface area contributed by atoms with E-state index in [-0.39, 0.29) is 61.1 Å². The Hall–Kier alpha value is -4.37. The predicted molar refractivity (Wildman–Crippen MR) is 179 cm³/mol. The van der Waals surface area contributed by atoms with Gasteiger partial charge in [-0.05, 0) is 87.0 Å². The lowest BCUT2D eigenvalue weighted by Crippen LogP contribution is -2.57. The highest BCUT2D eigenvalue weighted by molar-refractivity contribution is 5.69. The van der Waals surface area contributed by atoms with Crippen LogP contribution in [0.5, 0.6) is 0 Å². The second-order valence-electron chi connectivity index (χ2n) is 13.9. The van der Waals surface area contributed by atoms with Crippen LogP contribution in [0.2, 0.25) is 0 Å². The lowest BCUT2D eigenvalue weighted by molar-refractivity contribution is -0.143. The maximum atomic E-state index is 13.8. The molecule has 1 unspecified atom stereocenters. The number of ether oxygens (including phenoxy) is 1. The van der Waals surface area contributed by atoms with Crippen LogP contribution in [0.4, 0.5) is 37.1 Å². The van der Waals surface area contributed by atoms with Crippen molar-refractivity contribution in [3.63, 3.8) is 0 Å². The zero-order valence-electron chi connectivity index (χ0n) is 29.3. The van der Waals surface area contributed by atoms with Crippen molar-refractivity contribution in [1.82, 2.24) is 24.6 Å². The van der Waals surface area contributed by atoms with Crippen molar-refractivity contribution in [3.05, 3.63) is 59.7 Å². The molecule has 2 aromatic heterocycles. The van der Waals surface area contributed by atoms with E-state index in [1.807, 2.05) is 13.8 Å². The Labute approximate surface area is 298 Å². The van der Waals surface area contributed by atoms with Gasteiger partial charge in [0.25, 0.3) is 0 Å². The number of alkyl halides is 6. The number of aliphatic carboxylic acids is 1. The molecule has 1 saturated carbocycles. The zero-order valence-corrected chi connectivity index (χ0v) is 29.3. The summed E-state index contributed by atoms with van der Waals surface area (Å²) in [6, 6.07) is 0.430. The van der Waals surface area contributed by atoms with Crippen molar-refractivity contribution >= 4 is 18.0 Å². The summed E-state index contributed by atoms with van der Waals surface area (Å²) >= 11 is 0. The van der Waals surface area contributed by atoms with Crippen molar-refractivity contribution in [3.8, 4) is 11.1 Å². The van der Waals surface area contributed by atoms with Gasteiger partial charge >= 0.3 is 24.4 Å². The molecular weight excluding hydrogens is 694 g/mol. The van der Waals surface area contributed by atoms with E-state index in [1.165, 1.54) is 12.4 Å². The van der Waals surface area contributed by atoms with Gasteiger partial charge in [-0.2, -0.15) is 31.4 Å². The summed E-state index contributed by atoms with van der Waals surface area (Å²) < 4.78 is 90.4. The minimum atomic E-state index is -5.01. The van der Waals surface area contributed by atoms with Crippen LogP contribution in [0.25, 0.3) is 11.1 Å². The van der Waals surface area contributed by atoms with Gasteiger partial charge in [-0.1, -0.05) is 13.8 Å². The van der Waals surface area contributed by atoms with E-state index in [0.717, 1.165) is 43.4 Å². The number of carbonyl (C=O) groups excluding carboxylic acids is 1. The van der Waals surface area contributed by atoms with E-state index in [2.05, 4.69) is 15.1 Å². The molecule has 0 radical (unpaired) electrons. The molecule has 2 aliphatic rings. The summed E-state index contributed by atoms with van der Waals surface area (Å²) in [5, 5.41) is 13.3. The third-order valence-electron chi connectivity index (χ3n) is 10.3. The highest BCUT2D eigenvalue weighted by Gasteiger charge is 2.42. The number of hydrogen-bond acceptors (Lipinski definition) is 7. The molecule has 2 fully saturated rings. The average molecular weight is 739 g/mol. The van der Waals surface area contributed by atoms with Gasteiger partial charge in [0.2, 0.25) is 5.95 Å². The van der Waals surface area contributed by atoms with Gasteiger partial charge in [0.1, 0.15) is 0 Å². The Kier molecular flexibility index (Phi) is 12.0. The molecule has 284 valence electrons. The first-order valence-electron chi connectivity index (χ1n) is 17.6. The fourth-order valence-corrected chi connectivity index (χ4v) is 7.50. The molecule has 1 N–H and O–H groups in total. The number of carbonyl (C=O) groups is 2. The molecule has 3 atom stereocenters. The number of carboxylic acids is 1. The van der Waals surface area contributed by atoms with E-state index >= 15 is 0 Å². The summed E-state index contributed by atoms with van der Waals surface area (Å²) in [6.07, 6.45) is 0.893. The number of carboxylic acid groups (broad SMARTS) is 1. The predicted octanol–water partition coefficient (Wildman–Crippen LogP) is 8.36. The number of hydrogen-bond donors (Lipinski definition) is 1. The third-order valence-corrected chi connectivity index (χ3v) is 10.3. The SMILES string of the molecule is CC[C@@H]1CC(N(Cc2cc(C(F)(F)F)cc(C(F)(F)F)c2)c2ncc(-c3cnn(C)c3)cn2)C[C@H](CC)N1C(=O)OCC1CCC(CC(=O)O)CC1. The van der Waals surface area contributed by atoms with Crippen LogP contribution in [-0.2, 0) is 35.5 Å². The van der Waals surface area contributed by atoms with Crippen LogP contribution in [0.3, 0.4) is 0 Å². The molecule has 3 heterocycles. The van der Waals surface area contributed by atoms with Crippen LogP contribution >= 0.6 is 0 Å². The first-order chi connectivity index (χ1) is 24.5. The largest absolute Gasteiger partial charge is 0.481 e. The van der Waals surface area contributed by atoms with Crippen molar-refractivity contribution in [1.29, 1.82) is 0 Å². The molecule has 1 saturated heterocycles. The molecule has 3 aromatic rings. The maximum absolute atomic E-state index is 13.8. The minimum Gasteiger partial charge on any atom is -0.481 e. The molecule has 1 aliphatic heterocycles. The number of aromatic nitrogens is 4. The molecular formula is C36H44F6N6O4. The quantitative estimate of drug-likeness (QED) is 0.195. The molecule has 1 aliphatic carbocycles. The topological polar surface area (TPSA) is 114 Å². The number of likely N-dealkylation sites (tertiary alicyclic amines) is 1. The van der Waals surface area contributed by atoms with Crippen LogP contribution < -0.4 is 4.90 Å². The maximum Gasteiger partial charge on any atom is 0.416 e. The second-order valence-corrected chi connectivity index (χ2v) is 13.9. The Morgan fingerprint density at radius 2 is 1.42 bits per heavy atom. The number of piperidine rings is 1. The van der Waals surface area contributed by atoms with Gasteiger partial charge in [0, 0.05) is 67.9 Å². The van der Waals surface area contributed by atoms with Crippen molar-refractivity contribution in [2.24, 2.45) is 18.9 Å². The van der Waals surface area contributed by atoms with E-state index in [0.29, 0.717) is 31.2 Å². The number of nitrogens with zero attached hydrogens (tertiary/aromatic N) is 6. The first kappa shape index (κ1) is 38.9. The second kappa shape index (κ2) is 16.1. The van der Waals surface area contributed by atoms with Crippen LogP contribution in [-0.4, -0.2) is 66.5 Å². The van der Waals surface area contributed by atoms with Gasteiger partial charge in [-0.15, -0.1) is 0 Å². The number of halogens is 6. The summed E-state index contributed by atoms with van der Waals surface area (Å²) in [4.78, 5) is 37.2. The lowest BCUT2D eigenvalue weighted by Gasteiger charge is -2.47. The molecule has 10 nitrogen and oxygen atoms in total. The average Bonchev–Trinajstić information content (AvgIpc) is 3.54. The highest BCUT2D eigenvalue weighted by atomic mass is 19.4. The fraction of sp³-hybridized carbons (Fsp3) is 0.583. The number of anilines is 1. The van der Waals surface area contributed by atoms with E-state index in [9.17, 15) is 35.9 Å². The molecule has 1 amide bonds. The van der Waals surface area contributed by atoms with Crippen molar-refractivity contribution in [2.75, 3.05) is 11.5 Å². The summed E-state index contributed by atoms with van der Waals surface area (Å²) in [6.45, 7) is 3.70. The van der Waals surface area contributed by atoms with Crippen molar-refractivity contribution in [2.45, 2.75) is 109 Å². The van der Waals surface area contributed by atoms with Crippen LogP contribution in [0, 0.1) is 11.8 Å². The van der Waals surface area contributed by atoms with Gasteiger partial charge in [-0.3, -0.25) is 9.48 Å². The summed E-state index contributed by atoms with van der Waals surface area (Å²) in [5.41, 5.74) is -1.67. The number of amides is 1. The first-order valence-corrected chi connectivity index (χ1v) is 17.6. The standard InChI is InChI=1S/C36H44F6N6O4/c1-4-29-14-31(15-30(5-2)48(29)34(51)52-21-23-8-6-22(7-9-23)12-32(49)50)47(33-43-16-25(17-44-33)26-18-45-46(3)20-26)19-24-10-27(35(37,38)39)13-28(11-24)36(40,41)42/h10-11,13,16-18,20,22-23,29-31H,4-9,12,14-15,19,21H2,1-3H3,(H,49,50)/t22?,23?,29-,30+,31?. The van der Waals surface area contributed by atoms with Gasteiger partial charge < -0.3 is 19.6 Å². The molecule has 1 aromatic carbocycles. The molecule has 16 heteroatoms. The molecule has 5 rings (SSSR count). The fourth-order valence-electron chi connectivity index (χ4n) is 7.50. The van der Waals surface area contributed by atoms with Gasteiger partial charge in [0.05, 0.1) is 23.9 Å². The minimum absolute atomic E-state index is 0.110. The third kappa shape index (κ3) is 9.54. The van der Waals surface area contributed by atoms with Gasteiger partial charge in [-0.25, -0.2) is 14.8 Å². The Morgan fingerprint density at radius 1 is 0.865 bits per heavy atom. The van der Waals surface area contributed by atoms with Crippen LogP contribution in [0.1, 0.15) is 88.3 Å². The van der Waals surface area contributed by atoms with E-state index in [1.54, 1.807) is 33.9 Å². The molecule has 52 heavy (non-hydrogen) atoms. The smallest absolute Gasteiger partial charge is 0.416 e. The van der Waals surface area contributed by atoms with E-state index < -0.39 is 41.6 Å². The van der Waals surface area contributed by atoms with Crippen molar-refractivity contribution < 1.29 is 45.8 Å². The molecule has 0 spiro atoms. The Bertz CT molecular complexity index is 1630. The Morgan fingerprint density at radius 3 is 1.90 bits per heavy atom. The number of rotatable bonds is 11. The normalized spacial score (nSPS) is 22.6. The summed E-state index contributed by atoms with van der Waals surface area (Å²) in [7, 11) is 1.75. The lowest BCUT2D eigenvalue weighted by atomic mass is 9.81. The van der Waals surface area contributed by atoms with Gasteiger partial charge in [0.15, 0.2) is 0 Å². The van der Waals surface area contributed by atoms with Crippen LogP contribution in [0.15, 0.2) is 43.0 Å². The zero-order chi connectivity index (χ0) is 37.8. The molecule has 0 bridgehead atoms. The number of benzene rings is 1. The van der Waals surface area contributed by atoms with E-state index in [4.69, 9.17) is 9.84 Å². The summed E-state index contributed by atoms with van der Waals surface area (Å²) in [5.74, 6) is -0.444. The highest BCUT2D eigenvalue weighted by Crippen LogP contribution is 2.39. The Balaban J connectivity index is 1.40.